The quantitative estimate of drug-likeness (QED) is 0.917. The number of nitrogens with two attached hydrogens (primary N) is 1. The van der Waals surface area contributed by atoms with Crippen LogP contribution in [0.3, 0.4) is 0 Å². The third-order valence-corrected chi connectivity index (χ3v) is 4.21. The maximum Gasteiger partial charge on any atom is 0.261 e. The fraction of sp³-hybridized carbons (Fsp3) is 0.500. The molecule has 2 heterocycles. The molecule has 0 spiro atoms. The summed E-state index contributed by atoms with van der Waals surface area (Å²) >= 11 is 1.66. The largest absolute Gasteiger partial charge is 0.390 e. The molecule has 6 heteroatoms. The molecule has 96 valence electrons. The van der Waals surface area contributed by atoms with E-state index in [4.69, 9.17) is 10.3 Å². The SMILES string of the molecule is CN(C)Cc1noc(-c2c(N)sc3c2CCC3)n1. The Labute approximate surface area is 110 Å². The van der Waals surface area contributed by atoms with Gasteiger partial charge in [-0.05, 0) is 38.9 Å². The Balaban J connectivity index is 1.97. The maximum absolute atomic E-state index is 6.07. The molecular formula is C12H16N4OS. The van der Waals surface area contributed by atoms with Crippen molar-refractivity contribution in [2.45, 2.75) is 25.8 Å². The van der Waals surface area contributed by atoms with Crippen LogP contribution in [0.2, 0.25) is 0 Å². The van der Waals surface area contributed by atoms with Gasteiger partial charge in [0, 0.05) is 4.88 Å². The molecule has 2 N–H and O–H groups in total. The van der Waals surface area contributed by atoms with Crippen LogP contribution in [0.25, 0.3) is 11.5 Å². The number of anilines is 1. The molecule has 0 aromatic carbocycles. The fourth-order valence-electron chi connectivity index (χ4n) is 2.36. The lowest BCUT2D eigenvalue weighted by molar-refractivity contribution is 0.365. The maximum atomic E-state index is 6.07. The molecule has 2 aromatic rings. The van der Waals surface area contributed by atoms with Gasteiger partial charge in [0.25, 0.3) is 5.89 Å². The number of aromatic nitrogens is 2. The molecule has 1 aliphatic carbocycles. The minimum absolute atomic E-state index is 0.573. The van der Waals surface area contributed by atoms with Gasteiger partial charge in [-0.3, -0.25) is 0 Å². The zero-order valence-electron chi connectivity index (χ0n) is 10.6. The average molecular weight is 264 g/mol. The highest BCUT2D eigenvalue weighted by molar-refractivity contribution is 7.16. The number of aryl methyl sites for hydroxylation is 1. The van der Waals surface area contributed by atoms with Crippen molar-refractivity contribution in [3.8, 4) is 11.5 Å². The lowest BCUT2D eigenvalue weighted by Crippen LogP contribution is -2.11. The van der Waals surface area contributed by atoms with Crippen LogP contribution in [0.15, 0.2) is 4.52 Å². The van der Waals surface area contributed by atoms with Gasteiger partial charge >= 0.3 is 0 Å². The predicted molar refractivity (Wildman–Crippen MR) is 71.4 cm³/mol. The first-order valence-corrected chi connectivity index (χ1v) is 6.84. The molecule has 2 aromatic heterocycles. The number of hydrogen-bond donors (Lipinski definition) is 1. The molecule has 0 bridgehead atoms. The molecule has 1 aliphatic rings. The highest BCUT2D eigenvalue weighted by Crippen LogP contribution is 2.42. The molecule has 18 heavy (non-hydrogen) atoms. The van der Waals surface area contributed by atoms with Crippen molar-refractivity contribution in [2.24, 2.45) is 0 Å². The van der Waals surface area contributed by atoms with Gasteiger partial charge in [-0.1, -0.05) is 5.16 Å². The summed E-state index contributed by atoms with van der Waals surface area (Å²) < 4.78 is 5.35. The Kier molecular flexibility index (Phi) is 2.83. The number of rotatable bonds is 3. The minimum Gasteiger partial charge on any atom is -0.390 e. The normalized spacial score (nSPS) is 14.4. The number of hydrogen-bond acceptors (Lipinski definition) is 6. The van der Waals surface area contributed by atoms with Crippen molar-refractivity contribution >= 4 is 16.3 Å². The number of fused-ring (bicyclic) bond motifs is 1. The molecule has 0 atom stereocenters. The third kappa shape index (κ3) is 1.91. The molecule has 0 amide bonds. The minimum atomic E-state index is 0.573. The zero-order valence-corrected chi connectivity index (χ0v) is 11.4. The summed E-state index contributed by atoms with van der Waals surface area (Å²) in [4.78, 5) is 7.83. The summed E-state index contributed by atoms with van der Waals surface area (Å²) in [5.74, 6) is 1.27. The molecule has 0 saturated carbocycles. The number of thiophene rings is 1. The van der Waals surface area contributed by atoms with Gasteiger partial charge in [0.2, 0.25) is 0 Å². The van der Waals surface area contributed by atoms with Gasteiger partial charge in [0.05, 0.1) is 17.1 Å². The van der Waals surface area contributed by atoms with Gasteiger partial charge in [-0.2, -0.15) is 4.98 Å². The summed E-state index contributed by atoms with van der Waals surface area (Å²) in [5, 5.41) is 4.81. The molecule has 3 rings (SSSR count). The van der Waals surface area contributed by atoms with Crippen LogP contribution in [0.5, 0.6) is 0 Å². The lowest BCUT2D eigenvalue weighted by Gasteiger charge is -2.03. The van der Waals surface area contributed by atoms with E-state index in [1.165, 1.54) is 16.9 Å². The molecule has 5 nitrogen and oxygen atoms in total. The van der Waals surface area contributed by atoms with E-state index in [-0.39, 0.29) is 0 Å². The zero-order chi connectivity index (χ0) is 12.7. The summed E-state index contributed by atoms with van der Waals surface area (Å²) in [5.41, 5.74) is 8.37. The Morgan fingerprint density at radius 3 is 3.00 bits per heavy atom. The first-order chi connectivity index (χ1) is 8.65. The highest BCUT2D eigenvalue weighted by Gasteiger charge is 2.25. The topological polar surface area (TPSA) is 68.2 Å². The van der Waals surface area contributed by atoms with E-state index >= 15 is 0 Å². The van der Waals surface area contributed by atoms with Crippen LogP contribution in [0.1, 0.15) is 22.7 Å². The molecular weight excluding hydrogens is 248 g/mol. The van der Waals surface area contributed by atoms with E-state index in [1.54, 1.807) is 11.3 Å². The average Bonchev–Trinajstić information content (AvgIpc) is 2.93. The molecule has 0 fully saturated rings. The van der Waals surface area contributed by atoms with Crippen LogP contribution in [-0.2, 0) is 19.4 Å². The van der Waals surface area contributed by atoms with E-state index in [1.807, 2.05) is 19.0 Å². The van der Waals surface area contributed by atoms with E-state index in [0.717, 1.165) is 23.4 Å². The fourth-order valence-corrected chi connectivity index (χ4v) is 3.51. The van der Waals surface area contributed by atoms with E-state index < -0.39 is 0 Å². The van der Waals surface area contributed by atoms with E-state index in [0.29, 0.717) is 18.3 Å². The smallest absolute Gasteiger partial charge is 0.261 e. The number of nitrogen functional groups attached to an aromatic ring is 1. The molecule has 0 aliphatic heterocycles. The summed E-state index contributed by atoms with van der Waals surface area (Å²) in [6.07, 6.45) is 3.40. The second kappa shape index (κ2) is 4.37. The molecule has 0 unspecified atom stereocenters. The monoisotopic (exact) mass is 264 g/mol. The van der Waals surface area contributed by atoms with E-state index in [2.05, 4.69) is 10.1 Å². The second-order valence-corrected chi connectivity index (χ2v) is 5.99. The van der Waals surface area contributed by atoms with Gasteiger partial charge in [0.15, 0.2) is 5.82 Å². The third-order valence-electron chi connectivity index (χ3n) is 3.09. The Hall–Kier alpha value is -1.40. The van der Waals surface area contributed by atoms with Crippen LogP contribution in [0.4, 0.5) is 5.00 Å². The van der Waals surface area contributed by atoms with Gasteiger partial charge in [-0.25, -0.2) is 0 Å². The van der Waals surface area contributed by atoms with Crippen LogP contribution in [0, 0.1) is 0 Å². The van der Waals surface area contributed by atoms with Gasteiger partial charge in [-0.15, -0.1) is 11.3 Å². The predicted octanol–water partition coefficient (Wildman–Crippen LogP) is 1.93. The first-order valence-electron chi connectivity index (χ1n) is 6.03. The Morgan fingerprint density at radius 1 is 1.39 bits per heavy atom. The van der Waals surface area contributed by atoms with E-state index in [9.17, 15) is 0 Å². The second-order valence-electron chi connectivity index (χ2n) is 4.85. The van der Waals surface area contributed by atoms with Crippen molar-refractivity contribution in [1.29, 1.82) is 0 Å². The standard InChI is InChI=1S/C12H16N4OS/c1-16(2)6-9-14-12(17-15-9)10-7-4-3-5-8(7)18-11(10)13/h3-6,13H2,1-2H3. The Morgan fingerprint density at radius 2 is 2.22 bits per heavy atom. The first kappa shape index (κ1) is 11.7. The van der Waals surface area contributed by atoms with Crippen molar-refractivity contribution in [3.05, 3.63) is 16.3 Å². The summed E-state index contributed by atoms with van der Waals surface area (Å²) in [6.45, 7) is 0.676. The summed E-state index contributed by atoms with van der Waals surface area (Å²) in [6, 6.07) is 0. The van der Waals surface area contributed by atoms with Crippen molar-refractivity contribution < 1.29 is 4.52 Å². The number of nitrogens with zero attached hydrogens (tertiary/aromatic N) is 3. The van der Waals surface area contributed by atoms with Gasteiger partial charge in [0.1, 0.15) is 0 Å². The van der Waals surface area contributed by atoms with Crippen LogP contribution < -0.4 is 5.73 Å². The summed E-state index contributed by atoms with van der Waals surface area (Å²) in [7, 11) is 3.96. The molecule has 0 saturated heterocycles. The van der Waals surface area contributed by atoms with Crippen molar-refractivity contribution in [2.75, 3.05) is 19.8 Å². The highest BCUT2D eigenvalue weighted by atomic mass is 32.1. The van der Waals surface area contributed by atoms with Crippen LogP contribution in [-0.4, -0.2) is 29.1 Å². The van der Waals surface area contributed by atoms with Crippen LogP contribution >= 0.6 is 11.3 Å². The van der Waals surface area contributed by atoms with Crippen molar-refractivity contribution in [1.82, 2.24) is 15.0 Å². The Bertz CT molecular complexity index is 573. The lowest BCUT2D eigenvalue weighted by atomic mass is 10.1. The van der Waals surface area contributed by atoms with Crippen molar-refractivity contribution in [3.63, 3.8) is 0 Å². The van der Waals surface area contributed by atoms with Gasteiger partial charge < -0.3 is 15.2 Å². The molecule has 0 radical (unpaired) electrons.